The molecule has 1 aromatic carbocycles. The van der Waals surface area contributed by atoms with Gasteiger partial charge in [0.1, 0.15) is 5.75 Å². The summed E-state index contributed by atoms with van der Waals surface area (Å²) in [5, 5.41) is 4.02. The lowest BCUT2D eigenvalue weighted by atomic mass is 9.92. The van der Waals surface area contributed by atoms with Crippen LogP contribution in [0.3, 0.4) is 0 Å². The van der Waals surface area contributed by atoms with Crippen molar-refractivity contribution in [2.45, 2.75) is 71.4 Å². The zero-order valence-corrected chi connectivity index (χ0v) is 16.0. The number of carbonyl (C=O) groups excluding carboxylic acids is 1. The van der Waals surface area contributed by atoms with E-state index in [9.17, 15) is 4.79 Å². The molecule has 0 unspecified atom stereocenters. The number of ether oxygens (including phenoxy) is 1. The van der Waals surface area contributed by atoms with Crippen LogP contribution >= 0.6 is 0 Å². The Morgan fingerprint density at radius 1 is 1.27 bits per heavy atom. The van der Waals surface area contributed by atoms with Crippen molar-refractivity contribution in [1.82, 2.24) is 10.3 Å². The molecular weight excluding hydrogens is 326 g/mol. The lowest BCUT2D eigenvalue weighted by Gasteiger charge is -2.30. The average molecular weight is 355 g/mol. The van der Waals surface area contributed by atoms with Gasteiger partial charge in [-0.1, -0.05) is 19.9 Å². The Kier molecular flexibility index (Phi) is 5.64. The topological polar surface area (TPSA) is 77.2 Å². The number of pyridine rings is 1. The van der Waals surface area contributed by atoms with Crippen molar-refractivity contribution in [1.29, 1.82) is 0 Å². The lowest BCUT2D eigenvalue weighted by molar-refractivity contribution is -0.121. The van der Waals surface area contributed by atoms with Gasteiger partial charge >= 0.3 is 0 Å². The van der Waals surface area contributed by atoms with Gasteiger partial charge in [-0.2, -0.15) is 0 Å². The highest BCUT2D eigenvalue weighted by molar-refractivity contribution is 5.97. The van der Waals surface area contributed by atoms with Gasteiger partial charge in [0, 0.05) is 23.8 Å². The molecule has 1 aliphatic rings. The second-order valence-electron chi connectivity index (χ2n) is 7.11. The number of aryl methyl sites for hydroxylation is 1. The minimum absolute atomic E-state index is 0.129. The Morgan fingerprint density at radius 2 is 2.00 bits per heavy atom. The van der Waals surface area contributed by atoms with Crippen molar-refractivity contribution < 1.29 is 9.53 Å². The van der Waals surface area contributed by atoms with E-state index >= 15 is 0 Å². The van der Waals surface area contributed by atoms with E-state index < -0.39 is 0 Å². The molecule has 3 rings (SSSR count). The SMILES string of the molecule is CCC(=O)NC1CCC(Oc2cccc3nc(C)c(CC)c(N)c23)CC1. The van der Waals surface area contributed by atoms with Crippen molar-refractivity contribution in [3.8, 4) is 5.75 Å². The number of carbonyl (C=O) groups is 1. The van der Waals surface area contributed by atoms with Gasteiger partial charge in [-0.05, 0) is 56.7 Å². The largest absolute Gasteiger partial charge is 0.490 e. The van der Waals surface area contributed by atoms with Crippen molar-refractivity contribution in [2.24, 2.45) is 0 Å². The number of nitrogens with zero attached hydrogens (tertiary/aromatic N) is 1. The van der Waals surface area contributed by atoms with Crippen LogP contribution in [0.25, 0.3) is 10.9 Å². The predicted octanol–water partition coefficient (Wildman–Crippen LogP) is 3.90. The van der Waals surface area contributed by atoms with Crippen molar-refractivity contribution >= 4 is 22.5 Å². The highest BCUT2D eigenvalue weighted by atomic mass is 16.5. The number of rotatable bonds is 5. The van der Waals surface area contributed by atoms with E-state index in [1.807, 2.05) is 32.0 Å². The summed E-state index contributed by atoms with van der Waals surface area (Å²) in [6.45, 7) is 5.99. The number of amides is 1. The number of hydrogen-bond donors (Lipinski definition) is 2. The number of hydrogen-bond acceptors (Lipinski definition) is 4. The van der Waals surface area contributed by atoms with E-state index in [-0.39, 0.29) is 18.1 Å². The van der Waals surface area contributed by atoms with Gasteiger partial charge in [0.15, 0.2) is 0 Å². The molecule has 1 fully saturated rings. The Bertz CT molecular complexity index is 795. The summed E-state index contributed by atoms with van der Waals surface area (Å²) in [7, 11) is 0. The maximum atomic E-state index is 11.6. The zero-order valence-electron chi connectivity index (χ0n) is 16.0. The molecule has 1 heterocycles. The van der Waals surface area contributed by atoms with Gasteiger partial charge in [0.25, 0.3) is 0 Å². The van der Waals surface area contributed by atoms with Crippen molar-refractivity contribution in [2.75, 3.05) is 5.73 Å². The molecule has 0 spiro atoms. The molecule has 26 heavy (non-hydrogen) atoms. The molecule has 5 nitrogen and oxygen atoms in total. The molecule has 1 saturated carbocycles. The first kappa shape index (κ1) is 18.5. The number of nitrogens with one attached hydrogen (secondary N) is 1. The van der Waals surface area contributed by atoms with E-state index in [2.05, 4.69) is 12.2 Å². The molecule has 0 atom stereocenters. The fourth-order valence-electron chi connectivity index (χ4n) is 3.86. The number of fused-ring (bicyclic) bond motifs is 1. The molecule has 0 radical (unpaired) electrons. The monoisotopic (exact) mass is 355 g/mol. The number of anilines is 1. The third-order valence-electron chi connectivity index (χ3n) is 5.33. The number of benzene rings is 1. The third kappa shape index (κ3) is 3.76. The van der Waals surface area contributed by atoms with E-state index in [1.165, 1.54) is 0 Å². The maximum absolute atomic E-state index is 11.6. The molecule has 140 valence electrons. The van der Waals surface area contributed by atoms with Gasteiger partial charge in [0.05, 0.1) is 17.0 Å². The molecule has 0 aliphatic heterocycles. The molecule has 2 aromatic rings. The van der Waals surface area contributed by atoms with Crippen LogP contribution in [0.15, 0.2) is 18.2 Å². The zero-order chi connectivity index (χ0) is 18.7. The van der Waals surface area contributed by atoms with E-state index in [4.69, 9.17) is 15.5 Å². The summed E-state index contributed by atoms with van der Waals surface area (Å²) < 4.78 is 6.34. The Balaban J connectivity index is 1.77. The maximum Gasteiger partial charge on any atom is 0.219 e. The fraction of sp³-hybridized carbons (Fsp3) is 0.524. The first-order chi connectivity index (χ1) is 12.5. The van der Waals surface area contributed by atoms with E-state index in [1.54, 1.807) is 0 Å². The van der Waals surface area contributed by atoms with Gasteiger partial charge in [0.2, 0.25) is 5.91 Å². The normalized spacial score (nSPS) is 20.1. The van der Waals surface area contributed by atoms with Crippen LogP contribution in [-0.2, 0) is 11.2 Å². The number of nitrogens with two attached hydrogens (primary N) is 1. The molecule has 3 N–H and O–H groups in total. The van der Waals surface area contributed by atoms with Crippen LogP contribution in [0.1, 0.15) is 57.2 Å². The number of nitrogen functional groups attached to an aromatic ring is 1. The Labute approximate surface area is 155 Å². The van der Waals surface area contributed by atoms with Crippen LogP contribution in [0.2, 0.25) is 0 Å². The summed E-state index contributed by atoms with van der Waals surface area (Å²) >= 11 is 0. The van der Waals surface area contributed by atoms with Crippen LogP contribution in [0.5, 0.6) is 5.75 Å². The van der Waals surface area contributed by atoms with Crippen LogP contribution < -0.4 is 15.8 Å². The number of aromatic nitrogens is 1. The van der Waals surface area contributed by atoms with E-state index in [0.29, 0.717) is 6.42 Å². The van der Waals surface area contributed by atoms with Gasteiger partial charge in [-0.3, -0.25) is 9.78 Å². The summed E-state index contributed by atoms with van der Waals surface area (Å²) in [6.07, 6.45) is 5.33. The average Bonchev–Trinajstić information content (AvgIpc) is 2.63. The molecule has 1 aliphatic carbocycles. The van der Waals surface area contributed by atoms with Crippen LogP contribution in [0.4, 0.5) is 5.69 Å². The Hall–Kier alpha value is -2.30. The third-order valence-corrected chi connectivity index (χ3v) is 5.33. The molecule has 0 bridgehead atoms. The standard InChI is InChI=1S/C21H29N3O2/c1-4-16-13(3)23-17-7-6-8-18(20(17)21(16)22)26-15-11-9-14(10-12-15)24-19(25)5-2/h6-8,14-15H,4-5,9-12H2,1-3H3,(H2,22,23)(H,24,25). The molecule has 1 aromatic heterocycles. The molecular formula is C21H29N3O2. The lowest BCUT2D eigenvalue weighted by Crippen LogP contribution is -2.39. The second kappa shape index (κ2) is 7.94. The van der Waals surface area contributed by atoms with Gasteiger partial charge in [-0.15, -0.1) is 0 Å². The smallest absolute Gasteiger partial charge is 0.219 e. The quantitative estimate of drug-likeness (QED) is 0.852. The van der Waals surface area contributed by atoms with Crippen LogP contribution in [-0.4, -0.2) is 23.0 Å². The predicted molar refractivity (Wildman–Crippen MR) is 105 cm³/mol. The summed E-state index contributed by atoms with van der Waals surface area (Å²) in [6, 6.07) is 6.22. The minimum atomic E-state index is 0.129. The Morgan fingerprint density at radius 3 is 2.65 bits per heavy atom. The summed E-state index contributed by atoms with van der Waals surface area (Å²) in [5.41, 5.74) is 10.2. The first-order valence-corrected chi connectivity index (χ1v) is 9.67. The molecule has 5 heteroatoms. The fourth-order valence-corrected chi connectivity index (χ4v) is 3.86. The summed E-state index contributed by atoms with van der Waals surface area (Å²) in [5.74, 6) is 0.952. The summed E-state index contributed by atoms with van der Waals surface area (Å²) in [4.78, 5) is 16.3. The molecule has 1 amide bonds. The highest BCUT2D eigenvalue weighted by Gasteiger charge is 2.24. The second-order valence-corrected chi connectivity index (χ2v) is 7.11. The van der Waals surface area contributed by atoms with E-state index in [0.717, 1.165) is 65.7 Å². The molecule has 0 saturated heterocycles. The minimum Gasteiger partial charge on any atom is -0.490 e. The van der Waals surface area contributed by atoms with Crippen molar-refractivity contribution in [3.63, 3.8) is 0 Å². The van der Waals surface area contributed by atoms with Gasteiger partial charge < -0.3 is 15.8 Å². The van der Waals surface area contributed by atoms with Gasteiger partial charge in [-0.25, -0.2) is 0 Å². The van der Waals surface area contributed by atoms with Crippen molar-refractivity contribution in [3.05, 3.63) is 29.5 Å². The highest BCUT2D eigenvalue weighted by Crippen LogP contribution is 2.35. The first-order valence-electron chi connectivity index (χ1n) is 9.67. The van der Waals surface area contributed by atoms with Crippen LogP contribution in [0, 0.1) is 6.92 Å².